The Bertz CT molecular complexity index is 288. The second kappa shape index (κ2) is 5.47. The van der Waals surface area contributed by atoms with E-state index in [9.17, 15) is 0 Å². The summed E-state index contributed by atoms with van der Waals surface area (Å²) in [4.78, 5) is 4.31. The summed E-state index contributed by atoms with van der Waals surface area (Å²) in [5.74, 6) is 0.478. The maximum Gasteiger partial charge on any atom is 0.0715 e. The standard InChI is InChI=1S/C11H17BrN2/c1-3-5-8(2)10(13)11-9(12)6-4-7-14-11/h4,6-8,10H,3,5,13H2,1-2H3. The van der Waals surface area contributed by atoms with Crippen molar-refractivity contribution in [1.82, 2.24) is 4.98 Å². The molecule has 1 aromatic rings. The number of pyridine rings is 1. The summed E-state index contributed by atoms with van der Waals surface area (Å²) in [6.07, 6.45) is 4.10. The Kier molecular flexibility index (Phi) is 4.55. The highest BCUT2D eigenvalue weighted by Gasteiger charge is 2.17. The van der Waals surface area contributed by atoms with Crippen LogP contribution in [0.25, 0.3) is 0 Å². The van der Waals surface area contributed by atoms with E-state index in [1.54, 1.807) is 6.20 Å². The highest BCUT2D eigenvalue weighted by Crippen LogP contribution is 2.26. The van der Waals surface area contributed by atoms with Gasteiger partial charge in [0, 0.05) is 10.7 Å². The lowest BCUT2D eigenvalue weighted by atomic mass is 9.95. The van der Waals surface area contributed by atoms with Crippen LogP contribution in [0.2, 0.25) is 0 Å². The molecule has 0 spiro atoms. The first kappa shape index (κ1) is 11.7. The summed E-state index contributed by atoms with van der Waals surface area (Å²) in [6.45, 7) is 4.35. The quantitative estimate of drug-likeness (QED) is 0.898. The van der Waals surface area contributed by atoms with Crippen LogP contribution in [0.3, 0.4) is 0 Å². The van der Waals surface area contributed by atoms with Crippen LogP contribution in [-0.4, -0.2) is 4.98 Å². The van der Waals surface area contributed by atoms with Crippen LogP contribution in [0, 0.1) is 5.92 Å². The van der Waals surface area contributed by atoms with E-state index in [2.05, 4.69) is 34.8 Å². The summed E-state index contributed by atoms with van der Waals surface area (Å²) in [5.41, 5.74) is 7.10. The summed E-state index contributed by atoms with van der Waals surface area (Å²) in [6, 6.07) is 3.93. The van der Waals surface area contributed by atoms with Gasteiger partial charge in [-0.3, -0.25) is 4.98 Å². The first-order valence-corrected chi connectivity index (χ1v) is 5.82. The van der Waals surface area contributed by atoms with Gasteiger partial charge in [0.1, 0.15) is 0 Å². The minimum absolute atomic E-state index is 0.0329. The number of hydrogen-bond acceptors (Lipinski definition) is 2. The van der Waals surface area contributed by atoms with E-state index in [1.165, 1.54) is 6.42 Å². The minimum atomic E-state index is 0.0329. The fraction of sp³-hybridized carbons (Fsp3) is 0.545. The first-order chi connectivity index (χ1) is 6.66. The third-order valence-corrected chi connectivity index (χ3v) is 3.13. The molecule has 0 aliphatic heterocycles. The number of hydrogen-bond donors (Lipinski definition) is 1. The van der Waals surface area contributed by atoms with E-state index < -0.39 is 0 Å². The molecule has 0 radical (unpaired) electrons. The monoisotopic (exact) mass is 256 g/mol. The zero-order valence-electron chi connectivity index (χ0n) is 8.70. The van der Waals surface area contributed by atoms with Crippen molar-refractivity contribution in [3.63, 3.8) is 0 Å². The van der Waals surface area contributed by atoms with Crippen LogP contribution in [0.5, 0.6) is 0 Å². The zero-order chi connectivity index (χ0) is 10.6. The molecule has 2 unspecified atom stereocenters. The van der Waals surface area contributed by atoms with E-state index in [-0.39, 0.29) is 6.04 Å². The Morgan fingerprint density at radius 1 is 1.57 bits per heavy atom. The van der Waals surface area contributed by atoms with Gasteiger partial charge < -0.3 is 5.73 Å². The Morgan fingerprint density at radius 3 is 2.86 bits per heavy atom. The van der Waals surface area contributed by atoms with Gasteiger partial charge in [0.25, 0.3) is 0 Å². The number of halogens is 1. The molecule has 0 saturated carbocycles. The Morgan fingerprint density at radius 2 is 2.29 bits per heavy atom. The molecular weight excluding hydrogens is 240 g/mol. The third-order valence-electron chi connectivity index (χ3n) is 2.46. The lowest BCUT2D eigenvalue weighted by Gasteiger charge is -2.19. The zero-order valence-corrected chi connectivity index (χ0v) is 10.3. The SMILES string of the molecule is CCCC(C)C(N)c1ncccc1Br. The molecule has 2 nitrogen and oxygen atoms in total. The lowest BCUT2D eigenvalue weighted by Crippen LogP contribution is -2.20. The topological polar surface area (TPSA) is 38.9 Å². The van der Waals surface area contributed by atoms with E-state index in [1.807, 2.05) is 12.1 Å². The minimum Gasteiger partial charge on any atom is -0.322 e. The molecule has 0 saturated heterocycles. The molecule has 0 amide bonds. The predicted molar refractivity (Wildman–Crippen MR) is 62.9 cm³/mol. The molecule has 2 N–H and O–H groups in total. The van der Waals surface area contributed by atoms with E-state index >= 15 is 0 Å². The Balaban J connectivity index is 2.78. The van der Waals surface area contributed by atoms with Gasteiger partial charge in [-0.1, -0.05) is 20.3 Å². The van der Waals surface area contributed by atoms with Crippen molar-refractivity contribution in [1.29, 1.82) is 0 Å². The molecule has 0 fully saturated rings. The summed E-state index contributed by atoms with van der Waals surface area (Å²) >= 11 is 3.47. The van der Waals surface area contributed by atoms with Crippen molar-refractivity contribution in [3.05, 3.63) is 28.5 Å². The van der Waals surface area contributed by atoms with Crippen LogP contribution >= 0.6 is 15.9 Å². The van der Waals surface area contributed by atoms with Gasteiger partial charge >= 0.3 is 0 Å². The van der Waals surface area contributed by atoms with Gasteiger partial charge in [-0.25, -0.2) is 0 Å². The number of rotatable bonds is 4. The van der Waals surface area contributed by atoms with Gasteiger partial charge in [0.05, 0.1) is 11.7 Å². The van der Waals surface area contributed by atoms with Crippen molar-refractivity contribution >= 4 is 15.9 Å². The number of aromatic nitrogens is 1. The lowest BCUT2D eigenvalue weighted by molar-refractivity contribution is 0.425. The molecule has 1 heterocycles. The molecule has 14 heavy (non-hydrogen) atoms. The maximum atomic E-state index is 6.13. The van der Waals surface area contributed by atoms with Crippen LogP contribution in [0.1, 0.15) is 38.4 Å². The summed E-state index contributed by atoms with van der Waals surface area (Å²) < 4.78 is 1.01. The van der Waals surface area contributed by atoms with Crippen molar-refractivity contribution in [2.24, 2.45) is 11.7 Å². The van der Waals surface area contributed by atoms with Crippen LogP contribution in [-0.2, 0) is 0 Å². The van der Waals surface area contributed by atoms with Gasteiger partial charge in [-0.15, -0.1) is 0 Å². The molecule has 2 atom stereocenters. The molecule has 0 bridgehead atoms. The fourth-order valence-electron chi connectivity index (χ4n) is 1.55. The Hall–Kier alpha value is -0.410. The fourth-order valence-corrected chi connectivity index (χ4v) is 2.07. The normalized spacial score (nSPS) is 15.1. The predicted octanol–water partition coefficient (Wildman–Crippen LogP) is 3.28. The van der Waals surface area contributed by atoms with Crippen molar-refractivity contribution in [2.75, 3.05) is 0 Å². The number of nitrogens with two attached hydrogens (primary N) is 1. The molecule has 0 aliphatic rings. The first-order valence-electron chi connectivity index (χ1n) is 5.02. The maximum absolute atomic E-state index is 6.13. The molecule has 3 heteroatoms. The second-order valence-electron chi connectivity index (χ2n) is 3.66. The smallest absolute Gasteiger partial charge is 0.0715 e. The van der Waals surface area contributed by atoms with Crippen molar-refractivity contribution in [3.8, 4) is 0 Å². The average molecular weight is 257 g/mol. The van der Waals surface area contributed by atoms with Gasteiger partial charge in [0.2, 0.25) is 0 Å². The molecule has 1 aromatic heterocycles. The second-order valence-corrected chi connectivity index (χ2v) is 4.52. The van der Waals surface area contributed by atoms with Crippen molar-refractivity contribution < 1.29 is 0 Å². The molecule has 0 aliphatic carbocycles. The third kappa shape index (κ3) is 2.79. The van der Waals surface area contributed by atoms with Crippen LogP contribution in [0.15, 0.2) is 22.8 Å². The summed E-state index contributed by atoms with van der Waals surface area (Å²) in [5, 5.41) is 0. The van der Waals surface area contributed by atoms with E-state index in [0.717, 1.165) is 16.6 Å². The largest absolute Gasteiger partial charge is 0.322 e. The molecule has 0 aromatic carbocycles. The van der Waals surface area contributed by atoms with Crippen LogP contribution in [0.4, 0.5) is 0 Å². The van der Waals surface area contributed by atoms with Gasteiger partial charge in [-0.05, 0) is 40.4 Å². The van der Waals surface area contributed by atoms with Crippen molar-refractivity contribution in [2.45, 2.75) is 32.7 Å². The molecule has 1 rings (SSSR count). The van der Waals surface area contributed by atoms with E-state index in [4.69, 9.17) is 5.73 Å². The van der Waals surface area contributed by atoms with Gasteiger partial charge in [-0.2, -0.15) is 0 Å². The highest BCUT2D eigenvalue weighted by atomic mass is 79.9. The highest BCUT2D eigenvalue weighted by molar-refractivity contribution is 9.10. The van der Waals surface area contributed by atoms with Gasteiger partial charge in [0.15, 0.2) is 0 Å². The van der Waals surface area contributed by atoms with Crippen LogP contribution < -0.4 is 5.73 Å². The number of nitrogens with zero attached hydrogens (tertiary/aromatic N) is 1. The van der Waals surface area contributed by atoms with E-state index in [0.29, 0.717) is 5.92 Å². The Labute approximate surface area is 94.0 Å². The molecular formula is C11H17BrN2. The average Bonchev–Trinajstić information content (AvgIpc) is 2.18. The molecule has 78 valence electrons. The summed E-state index contributed by atoms with van der Waals surface area (Å²) in [7, 11) is 0.